The Morgan fingerprint density at radius 1 is 0.871 bits per heavy atom. The molecule has 3 aliphatic rings. The quantitative estimate of drug-likeness (QED) is 0.605. The van der Waals surface area contributed by atoms with Crippen LogP contribution in [0.15, 0.2) is 24.3 Å². The van der Waals surface area contributed by atoms with Gasteiger partial charge < -0.3 is 14.5 Å². The van der Waals surface area contributed by atoms with Gasteiger partial charge in [-0.15, -0.1) is 0 Å². The highest BCUT2D eigenvalue weighted by atomic mass is 32.2. The zero-order chi connectivity index (χ0) is 21.8. The Morgan fingerprint density at radius 3 is 2.03 bits per heavy atom. The Morgan fingerprint density at radius 2 is 1.45 bits per heavy atom. The van der Waals surface area contributed by atoms with E-state index in [1.165, 1.54) is 8.61 Å². The van der Waals surface area contributed by atoms with E-state index >= 15 is 0 Å². The smallest absolute Gasteiger partial charge is 0.282 e. The molecule has 0 radical (unpaired) electrons. The Hall–Kier alpha value is -2.01. The zero-order valence-corrected chi connectivity index (χ0v) is 18.5. The van der Waals surface area contributed by atoms with Crippen LogP contribution >= 0.6 is 0 Å². The third-order valence-corrected chi connectivity index (χ3v) is 8.45. The first kappa shape index (κ1) is 22.2. The van der Waals surface area contributed by atoms with Gasteiger partial charge in [0, 0.05) is 69.5 Å². The first-order valence-corrected chi connectivity index (χ1v) is 12.3. The molecule has 3 aliphatic heterocycles. The molecule has 0 aromatic heterocycles. The molecule has 0 atom stereocenters. The maximum absolute atomic E-state index is 13.0. The molecular formula is C21H30N4O5S. The molecule has 1 amide bonds. The highest BCUT2D eigenvalue weighted by molar-refractivity contribution is 7.86. The van der Waals surface area contributed by atoms with E-state index in [1.54, 1.807) is 0 Å². The summed E-state index contributed by atoms with van der Waals surface area (Å²) in [6.07, 6.45) is 2.39. The molecule has 0 bridgehead atoms. The lowest BCUT2D eigenvalue weighted by molar-refractivity contribution is -0.137. The van der Waals surface area contributed by atoms with Crippen LogP contribution in [0, 0.1) is 5.92 Å². The number of hydrogen-bond donors (Lipinski definition) is 0. The summed E-state index contributed by atoms with van der Waals surface area (Å²) in [5, 5.41) is 0. The van der Waals surface area contributed by atoms with Crippen molar-refractivity contribution in [1.29, 1.82) is 0 Å². The maximum atomic E-state index is 13.0. The number of aldehydes is 1. The molecular weight excluding hydrogens is 420 g/mol. The van der Waals surface area contributed by atoms with Gasteiger partial charge >= 0.3 is 0 Å². The van der Waals surface area contributed by atoms with Crippen molar-refractivity contribution in [1.82, 2.24) is 13.5 Å². The van der Waals surface area contributed by atoms with Gasteiger partial charge in [-0.2, -0.15) is 17.0 Å². The second-order valence-electron chi connectivity index (χ2n) is 8.21. The van der Waals surface area contributed by atoms with E-state index in [2.05, 4.69) is 4.90 Å². The average Bonchev–Trinajstić information content (AvgIpc) is 2.84. The second-order valence-corrected chi connectivity index (χ2v) is 10.1. The molecule has 0 saturated carbocycles. The topological polar surface area (TPSA) is 90.5 Å². The molecule has 3 saturated heterocycles. The van der Waals surface area contributed by atoms with E-state index in [9.17, 15) is 18.0 Å². The number of rotatable bonds is 5. The van der Waals surface area contributed by atoms with Crippen LogP contribution in [0.5, 0.6) is 0 Å². The molecule has 1 aromatic rings. The van der Waals surface area contributed by atoms with Crippen molar-refractivity contribution < 1.29 is 22.7 Å². The summed E-state index contributed by atoms with van der Waals surface area (Å²) in [4.78, 5) is 27.9. The summed E-state index contributed by atoms with van der Waals surface area (Å²) >= 11 is 0. The van der Waals surface area contributed by atoms with Crippen molar-refractivity contribution in [3.63, 3.8) is 0 Å². The van der Waals surface area contributed by atoms with Gasteiger partial charge in [-0.1, -0.05) is 0 Å². The largest absolute Gasteiger partial charge is 0.379 e. The Balaban J connectivity index is 1.27. The molecule has 0 spiro atoms. The summed E-state index contributed by atoms with van der Waals surface area (Å²) in [7, 11) is -3.48. The number of amides is 1. The molecule has 31 heavy (non-hydrogen) atoms. The van der Waals surface area contributed by atoms with Crippen LogP contribution in [0.1, 0.15) is 23.2 Å². The number of ether oxygens (including phenoxy) is 1. The van der Waals surface area contributed by atoms with Crippen molar-refractivity contribution >= 4 is 28.1 Å². The van der Waals surface area contributed by atoms with E-state index in [-0.39, 0.29) is 11.8 Å². The second kappa shape index (κ2) is 9.64. The summed E-state index contributed by atoms with van der Waals surface area (Å²) in [5.74, 6) is 0.118. The fraction of sp³-hybridized carbons (Fsp3) is 0.619. The molecule has 10 heteroatoms. The van der Waals surface area contributed by atoms with Gasteiger partial charge in [0.05, 0.1) is 13.2 Å². The molecule has 0 unspecified atom stereocenters. The number of anilines is 1. The third kappa shape index (κ3) is 4.92. The zero-order valence-electron chi connectivity index (χ0n) is 17.7. The molecule has 9 nitrogen and oxygen atoms in total. The normalized spacial score (nSPS) is 22.5. The lowest BCUT2D eigenvalue weighted by atomic mass is 9.94. The lowest BCUT2D eigenvalue weighted by Crippen LogP contribution is -2.56. The van der Waals surface area contributed by atoms with Crippen molar-refractivity contribution in [3.05, 3.63) is 29.8 Å². The number of hydrogen-bond acceptors (Lipinski definition) is 6. The molecule has 3 heterocycles. The number of carbonyl (C=O) groups is 2. The van der Waals surface area contributed by atoms with Crippen molar-refractivity contribution in [2.45, 2.75) is 12.8 Å². The average molecular weight is 451 g/mol. The van der Waals surface area contributed by atoms with Gasteiger partial charge in [-0.05, 0) is 37.1 Å². The van der Waals surface area contributed by atoms with E-state index in [1.807, 2.05) is 29.2 Å². The highest BCUT2D eigenvalue weighted by Gasteiger charge is 2.36. The van der Waals surface area contributed by atoms with Crippen LogP contribution in [0.4, 0.5) is 5.69 Å². The van der Waals surface area contributed by atoms with Gasteiger partial charge in [-0.3, -0.25) is 9.59 Å². The summed E-state index contributed by atoms with van der Waals surface area (Å²) in [5.41, 5.74) is 1.72. The van der Waals surface area contributed by atoms with Gasteiger partial charge in [0.1, 0.15) is 6.29 Å². The number of piperidine rings is 1. The van der Waals surface area contributed by atoms with Crippen molar-refractivity contribution in [2.75, 3.05) is 70.5 Å². The van der Waals surface area contributed by atoms with Crippen LogP contribution in [0.2, 0.25) is 0 Å². The van der Waals surface area contributed by atoms with Crippen LogP contribution in [0.3, 0.4) is 0 Å². The van der Waals surface area contributed by atoms with E-state index < -0.39 is 10.2 Å². The highest BCUT2D eigenvalue weighted by Crippen LogP contribution is 2.25. The van der Waals surface area contributed by atoms with Gasteiger partial charge in [0.2, 0.25) is 5.91 Å². The molecule has 0 aliphatic carbocycles. The lowest BCUT2D eigenvalue weighted by Gasteiger charge is -2.40. The summed E-state index contributed by atoms with van der Waals surface area (Å²) in [6.45, 7) is 4.78. The predicted octanol–water partition coefficient (Wildman–Crippen LogP) is 0.437. The van der Waals surface area contributed by atoms with Gasteiger partial charge in [0.25, 0.3) is 10.2 Å². The minimum absolute atomic E-state index is 0.0205. The van der Waals surface area contributed by atoms with E-state index in [4.69, 9.17) is 4.74 Å². The van der Waals surface area contributed by atoms with Gasteiger partial charge in [0.15, 0.2) is 0 Å². The summed E-state index contributed by atoms with van der Waals surface area (Å²) < 4.78 is 33.8. The monoisotopic (exact) mass is 450 g/mol. The fourth-order valence-corrected chi connectivity index (χ4v) is 6.05. The number of morpholine rings is 1. The summed E-state index contributed by atoms with van der Waals surface area (Å²) in [6, 6.07) is 7.51. The molecule has 170 valence electrons. The number of carbonyl (C=O) groups excluding carboxylic acids is 2. The molecule has 0 N–H and O–H groups in total. The standard InChI is InChI=1S/C21H30N4O5S/c26-17-18-1-3-20(4-2-18)22-7-5-19(6-8-22)21(27)23-9-11-24(12-10-23)31(28,29)25-13-15-30-16-14-25/h1-4,17,19H,5-16H2. The van der Waals surface area contributed by atoms with Crippen LogP contribution in [0.25, 0.3) is 0 Å². The molecule has 3 fully saturated rings. The Bertz CT molecular complexity index is 870. The molecule has 4 rings (SSSR count). The fourth-order valence-electron chi connectivity index (χ4n) is 4.49. The Kier molecular flexibility index (Phi) is 6.90. The maximum Gasteiger partial charge on any atom is 0.282 e. The van der Waals surface area contributed by atoms with Gasteiger partial charge in [-0.25, -0.2) is 0 Å². The van der Waals surface area contributed by atoms with E-state index in [0.717, 1.165) is 37.9 Å². The van der Waals surface area contributed by atoms with E-state index in [0.29, 0.717) is 58.0 Å². The predicted molar refractivity (Wildman–Crippen MR) is 116 cm³/mol. The first-order valence-electron chi connectivity index (χ1n) is 10.9. The molecule has 1 aromatic carbocycles. The SMILES string of the molecule is O=Cc1ccc(N2CCC(C(=O)N3CCN(S(=O)(=O)N4CCOCC4)CC3)CC2)cc1. The number of nitrogens with zero attached hydrogens (tertiary/aromatic N) is 4. The van der Waals surface area contributed by atoms with Crippen LogP contribution < -0.4 is 4.90 Å². The minimum atomic E-state index is -3.48. The van der Waals surface area contributed by atoms with Crippen LogP contribution in [-0.2, 0) is 19.7 Å². The van der Waals surface area contributed by atoms with Crippen molar-refractivity contribution in [3.8, 4) is 0 Å². The third-order valence-electron chi connectivity index (χ3n) is 6.41. The Labute approximate surface area is 183 Å². The minimum Gasteiger partial charge on any atom is -0.379 e. The van der Waals surface area contributed by atoms with Crippen molar-refractivity contribution in [2.24, 2.45) is 5.92 Å². The first-order chi connectivity index (χ1) is 15.0. The number of piperazine rings is 1. The van der Waals surface area contributed by atoms with Crippen LogP contribution in [-0.4, -0.2) is 99.7 Å². The number of benzene rings is 1.